The highest BCUT2D eigenvalue weighted by molar-refractivity contribution is 5.79. The summed E-state index contributed by atoms with van der Waals surface area (Å²) >= 11 is 0. The zero-order valence-corrected chi connectivity index (χ0v) is 8.09. The van der Waals surface area contributed by atoms with Gasteiger partial charge in [0.2, 0.25) is 0 Å². The summed E-state index contributed by atoms with van der Waals surface area (Å²) < 4.78 is 9.77. The lowest BCUT2D eigenvalue weighted by atomic mass is 10.1. The van der Waals surface area contributed by atoms with Crippen molar-refractivity contribution in [3.05, 3.63) is 0 Å². The molecule has 0 spiro atoms. The van der Waals surface area contributed by atoms with Crippen LogP contribution in [0.5, 0.6) is 0 Å². The molecule has 12 heavy (non-hydrogen) atoms. The average molecular weight is 175 g/mol. The third-order valence-electron chi connectivity index (χ3n) is 1.24. The van der Waals surface area contributed by atoms with Gasteiger partial charge in [-0.3, -0.25) is 4.79 Å². The van der Waals surface area contributed by atoms with Crippen LogP contribution in [-0.4, -0.2) is 31.3 Å². The fourth-order valence-electron chi connectivity index (χ4n) is 0.603. The number of esters is 1. The smallest absolute Gasteiger partial charge is 0.325 e. The summed E-state index contributed by atoms with van der Waals surface area (Å²) in [5, 5.41) is 0. The first-order valence-corrected chi connectivity index (χ1v) is 3.87. The van der Waals surface area contributed by atoms with Crippen LogP contribution in [0.4, 0.5) is 0 Å². The normalized spacial score (nSPS) is 14.1. The molecule has 0 amide bonds. The van der Waals surface area contributed by atoms with Gasteiger partial charge in [0.25, 0.3) is 0 Å². The number of carbonyl (C=O) groups excluding carboxylic acids is 1. The van der Waals surface area contributed by atoms with E-state index in [0.717, 1.165) is 0 Å². The van der Waals surface area contributed by atoms with Gasteiger partial charge in [0.05, 0.1) is 6.61 Å². The monoisotopic (exact) mass is 175 g/mol. The van der Waals surface area contributed by atoms with Crippen LogP contribution in [0.2, 0.25) is 0 Å². The average Bonchev–Trinajstić information content (AvgIpc) is 1.85. The second-order valence-corrected chi connectivity index (χ2v) is 3.39. The highest BCUT2D eigenvalue weighted by atomic mass is 16.6. The summed E-state index contributed by atoms with van der Waals surface area (Å²) in [6.07, 6.45) is -0.245. The summed E-state index contributed by atoms with van der Waals surface area (Å²) in [5.41, 5.74) is 4.58. The lowest BCUT2D eigenvalue weighted by Crippen LogP contribution is -2.44. The quantitative estimate of drug-likeness (QED) is 0.624. The van der Waals surface area contributed by atoms with Crippen LogP contribution in [-0.2, 0) is 14.3 Å². The largest absolute Gasteiger partial charge is 0.459 e. The third kappa shape index (κ3) is 4.31. The number of rotatable bonds is 4. The Morgan fingerprint density at radius 1 is 1.58 bits per heavy atom. The molecule has 0 rings (SSSR count). The zero-order chi connectivity index (χ0) is 9.78. The first-order chi connectivity index (χ1) is 5.38. The zero-order valence-electron chi connectivity index (χ0n) is 8.09. The minimum absolute atomic E-state index is 0.245. The van der Waals surface area contributed by atoms with Crippen LogP contribution in [0.3, 0.4) is 0 Å². The second kappa shape index (κ2) is 4.42. The maximum Gasteiger partial charge on any atom is 0.325 e. The Kier molecular flexibility index (Phi) is 4.20. The molecule has 72 valence electrons. The Balaban J connectivity index is 3.85. The maximum atomic E-state index is 11.1. The summed E-state index contributed by atoms with van der Waals surface area (Å²) in [6, 6.07) is 0. The van der Waals surface area contributed by atoms with E-state index in [4.69, 9.17) is 15.2 Å². The van der Waals surface area contributed by atoms with Crippen LogP contribution in [0.25, 0.3) is 0 Å². The first-order valence-electron chi connectivity index (χ1n) is 3.87. The van der Waals surface area contributed by atoms with Gasteiger partial charge in [0.15, 0.2) is 0 Å². The molecule has 4 heteroatoms. The standard InChI is InChI=1S/C8H17NO3/c1-6(5-11-4)12-7(10)8(2,3)9/h6H,5,9H2,1-4H3. The Hall–Kier alpha value is -0.610. The van der Waals surface area contributed by atoms with E-state index >= 15 is 0 Å². The van der Waals surface area contributed by atoms with Gasteiger partial charge in [0.1, 0.15) is 11.6 Å². The summed E-state index contributed by atoms with van der Waals surface area (Å²) in [7, 11) is 1.55. The van der Waals surface area contributed by atoms with Crippen molar-refractivity contribution in [1.29, 1.82) is 0 Å². The predicted molar refractivity (Wildman–Crippen MR) is 45.7 cm³/mol. The van der Waals surface area contributed by atoms with E-state index < -0.39 is 11.5 Å². The van der Waals surface area contributed by atoms with Crippen molar-refractivity contribution in [1.82, 2.24) is 0 Å². The molecule has 0 heterocycles. The topological polar surface area (TPSA) is 61.5 Å². The third-order valence-corrected chi connectivity index (χ3v) is 1.24. The van der Waals surface area contributed by atoms with Gasteiger partial charge >= 0.3 is 5.97 Å². The van der Waals surface area contributed by atoms with Gasteiger partial charge in [-0.25, -0.2) is 0 Å². The van der Waals surface area contributed by atoms with Crippen molar-refractivity contribution in [3.63, 3.8) is 0 Å². The molecular weight excluding hydrogens is 158 g/mol. The fourth-order valence-corrected chi connectivity index (χ4v) is 0.603. The van der Waals surface area contributed by atoms with E-state index in [1.165, 1.54) is 0 Å². The molecule has 0 saturated heterocycles. The summed E-state index contributed by atoms with van der Waals surface area (Å²) in [4.78, 5) is 11.1. The summed E-state index contributed by atoms with van der Waals surface area (Å²) in [5.74, 6) is -0.410. The van der Waals surface area contributed by atoms with Crippen molar-refractivity contribution in [3.8, 4) is 0 Å². The number of methoxy groups -OCH3 is 1. The van der Waals surface area contributed by atoms with Gasteiger partial charge in [-0.2, -0.15) is 0 Å². The lowest BCUT2D eigenvalue weighted by molar-refractivity contribution is -0.155. The first kappa shape index (κ1) is 11.4. The Morgan fingerprint density at radius 2 is 2.08 bits per heavy atom. The van der Waals surface area contributed by atoms with Gasteiger partial charge < -0.3 is 15.2 Å². The maximum absolute atomic E-state index is 11.1. The minimum atomic E-state index is -0.929. The molecule has 0 aromatic heterocycles. The van der Waals surface area contributed by atoms with Crippen molar-refractivity contribution in [2.45, 2.75) is 32.4 Å². The van der Waals surface area contributed by atoms with E-state index in [9.17, 15) is 4.79 Å². The minimum Gasteiger partial charge on any atom is -0.459 e. The molecule has 0 bridgehead atoms. The molecule has 0 aliphatic rings. The number of hydrogen-bond donors (Lipinski definition) is 1. The molecule has 4 nitrogen and oxygen atoms in total. The Labute approximate surface area is 73.0 Å². The van der Waals surface area contributed by atoms with Crippen LogP contribution in [0, 0.1) is 0 Å². The van der Waals surface area contributed by atoms with Gasteiger partial charge in [-0.05, 0) is 20.8 Å². The Bertz CT molecular complexity index is 151. The van der Waals surface area contributed by atoms with Crippen LogP contribution in [0.1, 0.15) is 20.8 Å². The number of hydrogen-bond acceptors (Lipinski definition) is 4. The lowest BCUT2D eigenvalue weighted by Gasteiger charge is -2.20. The molecule has 2 N–H and O–H groups in total. The second-order valence-electron chi connectivity index (χ2n) is 3.39. The van der Waals surface area contributed by atoms with Crippen molar-refractivity contribution >= 4 is 5.97 Å². The van der Waals surface area contributed by atoms with Crippen molar-refractivity contribution < 1.29 is 14.3 Å². The van der Waals surface area contributed by atoms with E-state index in [-0.39, 0.29) is 6.10 Å². The van der Waals surface area contributed by atoms with E-state index in [1.807, 2.05) is 0 Å². The SMILES string of the molecule is COCC(C)OC(=O)C(C)(C)N. The molecule has 0 aromatic rings. The van der Waals surface area contributed by atoms with Gasteiger partial charge in [-0.15, -0.1) is 0 Å². The molecule has 1 unspecified atom stereocenters. The molecule has 0 fully saturated rings. The van der Waals surface area contributed by atoms with Crippen molar-refractivity contribution in [2.24, 2.45) is 5.73 Å². The molecular formula is C8H17NO3. The predicted octanol–water partition coefficient (Wildman–Crippen LogP) is 0.302. The molecule has 0 aliphatic carbocycles. The summed E-state index contributed by atoms with van der Waals surface area (Å²) in [6.45, 7) is 5.36. The van der Waals surface area contributed by atoms with E-state index in [1.54, 1.807) is 27.9 Å². The number of nitrogens with two attached hydrogens (primary N) is 1. The molecule has 1 atom stereocenters. The van der Waals surface area contributed by atoms with Crippen molar-refractivity contribution in [2.75, 3.05) is 13.7 Å². The van der Waals surface area contributed by atoms with E-state index in [0.29, 0.717) is 6.61 Å². The molecule has 0 radical (unpaired) electrons. The molecule has 0 aliphatic heterocycles. The van der Waals surface area contributed by atoms with Crippen LogP contribution >= 0.6 is 0 Å². The molecule has 0 saturated carbocycles. The Morgan fingerprint density at radius 3 is 2.42 bits per heavy atom. The van der Waals surface area contributed by atoms with Gasteiger partial charge in [0, 0.05) is 7.11 Å². The number of ether oxygens (including phenoxy) is 2. The fraction of sp³-hybridized carbons (Fsp3) is 0.875. The highest BCUT2D eigenvalue weighted by Gasteiger charge is 2.25. The van der Waals surface area contributed by atoms with Crippen LogP contribution in [0.15, 0.2) is 0 Å². The highest BCUT2D eigenvalue weighted by Crippen LogP contribution is 2.03. The van der Waals surface area contributed by atoms with E-state index in [2.05, 4.69) is 0 Å². The molecule has 0 aromatic carbocycles. The number of carbonyl (C=O) groups is 1. The van der Waals surface area contributed by atoms with Crippen LogP contribution < -0.4 is 5.73 Å². The van der Waals surface area contributed by atoms with Gasteiger partial charge in [-0.1, -0.05) is 0 Å².